The van der Waals surface area contributed by atoms with Gasteiger partial charge in [-0.15, -0.1) is 0 Å². The summed E-state index contributed by atoms with van der Waals surface area (Å²) in [7, 11) is 0. The number of hydrogen-bond acceptors (Lipinski definition) is 3. The van der Waals surface area contributed by atoms with E-state index in [0.717, 1.165) is 31.4 Å². The highest BCUT2D eigenvalue weighted by molar-refractivity contribution is 5.95. The summed E-state index contributed by atoms with van der Waals surface area (Å²) in [5, 5.41) is 17.1. The molecule has 1 atom stereocenters. The van der Waals surface area contributed by atoms with Gasteiger partial charge in [0.2, 0.25) is 0 Å². The first kappa shape index (κ1) is 14.6. The molecule has 0 radical (unpaired) electrons. The third-order valence-electron chi connectivity index (χ3n) is 5.17. The fourth-order valence-corrected chi connectivity index (χ4v) is 3.48. The monoisotopic (exact) mass is 291 g/mol. The number of carbonyl (C=O) groups is 1. The highest BCUT2D eigenvalue weighted by atomic mass is 16.3. The van der Waals surface area contributed by atoms with Gasteiger partial charge in [0, 0.05) is 5.69 Å². The van der Waals surface area contributed by atoms with Crippen molar-refractivity contribution in [3.8, 4) is 0 Å². The van der Waals surface area contributed by atoms with Crippen LogP contribution in [0.1, 0.15) is 67.5 Å². The van der Waals surface area contributed by atoms with Gasteiger partial charge in [-0.2, -0.15) is 5.10 Å². The van der Waals surface area contributed by atoms with Crippen molar-refractivity contribution < 1.29 is 9.90 Å². The van der Waals surface area contributed by atoms with Crippen molar-refractivity contribution in [3.05, 3.63) is 17.5 Å². The van der Waals surface area contributed by atoms with Gasteiger partial charge in [0.15, 0.2) is 0 Å². The molecular formula is C16H25N3O2. The number of nitrogens with zero attached hydrogens (tertiary/aromatic N) is 2. The van der Waals surface area contributed by atoms with Crippen molar-refractivity contribution in [3.63, 3.8) is 0 Å². The van der Waals surface area contributed by atoms with Gasteiger partial charge >= 0.3 is 0 Å². The van der Waals surface area contributed by atoms with Crippen LogP contribution in [0.5, 0.6) is 0 Å². The number of aromatic nitrogens is 2. The van der Waals surface area contributed by atoms with E-state index in [2.05, 4.69) is 10.4 Å². The van der Waals surface area contributed by atoms with Gasteiger partial charge in [0.1, 0.15) is 0 Å². The van der Waals surface area contributed by atoms with Crippen LogP contribution < -0.4 is 5.32 Å². The number of rotatable bonds is 5. The molecule has 0 spiro atoms. The van der Waals surface area contributed by atoms with Crippen molar-refractivity contribution in [1.82, 2.24) is 15.1 Å². The second-order valence-corrected chi connectivity index (χ2v) is 6.83. The molecule has 1 unspecified atom stereocenters. The largest absolute Gasteiger partial charge is 0.394 e. The molecular weight excluding hydrogens is 266 g/mol. The molecule has 1 aromatic heterocycles. The average Bonchev–Trinajstić information content (AvgIpc) is 3.06. The lowest BCUT2D eigenvalue weighted by atomic mass is 9.96. The fraction of sp³-hybridized carbons (Fsp3) is 0.750. The van der Waals surface area contributed by atoms with Crippen molar-refractivity contribution in [2.75, 3.05) is 6.61 Å². The molecule has 5 nitrogen and oxygen atoms in total. The van der Waals surface area contributed by atoms with Crippen LogP contribution in [0.15, 0.2) is 6.20 Å². The summed E-state index contributed by atoms with van der Waals surface area (Å²) in [5.74, 6) is 0.289. The molecule has 2 fully saturated rings. The molecule has 3 rings (SSSR count). The molecule has 0 bridgehead atoms. The number of hydrogen-bond donors (Lipinski definition) is 2. The van der Waals surface area contributed by atoms with Crippen LogP contribution in [-0.4, -0.2) is 32.9 Å². The summed E-state index contributed by atoms with van der Waals surface area (Å²) in [5.41, 5.74) is 1.08. The first-order valence-electron chi connectivity index (χ1n) is 8.02. The molecule has 2 saturated carbocycles. The number of amides is 1. The second kappa shape index (κ2) is 5.44. The summed E-state index contributed by atoms with van der Waals surface area (Å²) >= 11 is 0. The van der Waals surface area contributed by atoms with E-state index in [-0.39, 0.29) is 12.5 Å². The van der Waals surface area contributed by atoms with Crippen molar-refractivity contribution in [1.29, 1.82) is 0 Å². The summed E-state index contributed by atoms with van der Waals surface area (Å²) in [6.07, 6.45) is 8.63. The Hall–Kier alpha value is -1.36. The van der Waals surface area contributed by atoms with E-state index < -0.39 is 5.54 Å². The van der Waals surface area contributed by atoms with Crippen molar-refractivity contribution in [2.24, 2.45) is 5.92 Å². The van der Waals surface area contributed by atoms with E-state index in [4.69, 9.17) is 0 Å². The second-order valence-electron chi connectivity index (χ2n) is 6.83. The predicted octanol–water partition coefficient (Wildman–Crippen LogP) is 2.20. The zero-order valence-electron chi connectivity index (χ0n) is 12.9. The minimum atomic E-state index is -0.501. The standard InChI is InChI=1S/C16H25N3O2/c1-11-14(9-17-19(11)13-5-3-4-6-13)15(21)18-16(2,10-20)12-7-8-12/h9,12-13,20H,3-8,10H2,1-2H3,(H,18,21). The van der Waals surface area contributed by atoms with Crippen molar-refractivity contribution in [2.45, 2.75) is 64.0 Å². The van der Waals surface area contributed by atoms with Gasteiger partial charge in [0.05, 0.1) is 29.9 Å². The van der Waals surface area contributed by atoms with E-state index in [0.29, 0.717) is 17.5 Å². The summed E-state index contributed by atoms with van der Waals surface area (Å²) in [4.78, 5) is 12.5. The molecule has 2 aliphatic rings. The Morgan fingerprint density at radius 1 is 1.43 bits per heavy atom. The molecule has 21 heavy (non-hydrogen) atoms. The Kier molecular flexibility index (Phi) is 3.78. The summed E-state index contributed by atoms with van der Waals surface area (Å²) in [6.45, 7) is 3.88. The van der Waals surface area contributed by atoms with E-state index in [1.807, 2.05) is 18.5 Å². The third kappa shape index (κ3) is 2.71. The third-order valence-corrected chi connectivity index (χ3v) is 5.17. The van der Waals surface area contributed by atoms with Crippen molar-refractivity contribution >= 4 is 5.91 Å². The topological polar surface area (TPSA) is 67.2 Å². The molecule has 0 aromatic carbocycles. The SMILES string of the molecule is Cc1c(C(=O)NC(C)(CO)C2CC2)cnn1C1CCCC1. The maximum absolute atomic E-state index is 12.5. The highest BCUT2D eigenvalue weighted by Gasteiger charge is 2.42. The van der Waals surface area contributed by atoms with E-state index in [1.54, 1.807) is 6.20 Å². The van der Waals surface area contributed by atoms with Crippen LogP contribution in [0, 0.1) is 12.8 Å². The number of nitrogens with one attached hydrogen (secondary N) is 1. The molecule has 2 aliphatic carbocycles. The van der Waals surface area contributed by atoms with Gasteiger partial charge in [-0.05, 0) is 45.4 Å². The predicted molar refractivity (Wildman–Crippen MR) is 80.2 cm³/mol. The van der Waals surface area contributed by atoms with Gasteiger partial charge in [0.25, 0.3) is 5.91 Å². The lowest BCUT2D eigenvalue weighted by Gasteiger charge is -2.28. The minimum Gasteiger partial charge on any atom is -0.394 e. The fourth-order valence-electron chi connectivity index (χ4n) is 3.48. The number of carbonyl (C=O) groups excluding carboxylic acids is 1. The smallest absolute Gasteiger partial charge is 0.255 e. The maximum Gasteiger partial charge on any atom is 0.255 e. The molecule has 1 heterocycles. The summed E-state index contributed by atoms with van der Waals surface area (Å²) in [6, 6.07) is 0.444. The Balaban J connectivity index is 1.75. The van der Waals surface area contributed by atoms with Gasteiger partial charge in [-0.25, -0.2) is 0 Å². The zero-order valence-corrected chi connectivity index (χ0v) is 12.9. The van der Waals surface area contributed by atoms with Crippen LogP contribution >= 0.6 is 0 Å². The van der Waals surface area contributed by atoms with Gasteiger partial charge in [-0.3, -0.25) is 9.48 Å². The first-order chi connectivity index (χ1) is 10.0. The molecule has 2 N–H and O–H groups in total. The Bertz CT molecular complexity index is 530. The van der Waals surface area contributed by atoms with Crippen LogP contribution in [0.25, 0.3) is 0 Å². The van der Waals surface area contributed by atoms with E-state index in [1.165, 1.54) is 12.8 Å². The number of aliphatic hydroxyl groups is 1. The van der Waals surface area contributed by atoms with Crippen LogP contribution in [0.2, 0.25) is 0 Å². The number of aliphatic hydroxyl groups excluding tert-OH is 1. The Morgan fingerprint density at radius 2 is 2.10 bits per heavy atom. The minimum absolute atomic E-state index is 0.0147. The quantitative estimate of drug-likeness (QED) is 0.874. The van der Waals surface area contributed by atoms with E-state index in [9.17, 15) is 9.90 Å². The highest BCUT2D eigenvalue weighted by Crippen LogP contribution is 2.39. The first-order valence-corrected chi connectivity index (χ1v) is 8.02. The lowest BCUT2D eigenvalue weighted by molar-refractivity contribution is 0.0823. The molecule has 116 valence electrons. The van der Waals surface area contributed by atoms with E-state index >= 15 is 0 Å². The summed E-state index contributed by atoms with van der Waals surface area (Å²) < 4.78 is 2.01. The molecule has 0 saturated heterocycles. The maximum atomic E-state index is 12.5. The average molecular weight is 291 g/mol. The van der Waals surface area contributed by atoms with Gasteiger partial charge in [-0.1, -0.05) is 12.8 Å². The zero-order chi connectivity index (χ0) is 15.0. The van der Waals surface area contributed by atoms with Crippen LogP contribution in [0.3, 0.4) is 0 Å². The molecule has 0 aliphatic heterocycles. The molecule has 1 aromatic rings. The molecule has 5 heteroatoms. The normalized spacial score (nSPS) is 22.2. The Morgan fingerprint density at radius 3 is 2.67 bits per heavy atom. The Labute approximate surface area is 125 Å². The molecule has 1 amide bonds. The van der Waals surface area contributed by atoms with Crippen LogP contribution in [0.4, 0.5) is 0 Å². The van der Waals surface area contributed by atoms with Crippen LogP contribution in [-0.2, 0) is 0 Å². The van der Waals surface area contributed by atoms with Gasteiger partial charge < -0.3 is 10.4 Å². The lowest BCUT2D eigenvalue weighted by Crippen LogP contribution is -2.50.